The smallest absolute Gasteiger partial charge is 0.254 e. The molecule has 1 saturated heterocycles. The van der Waals surface area contributed by atoms with Gasteiger partial charge in [-0.2, -0.15) is 0 Å². The summed E-state index contributed by atoms with van der Waals surface area (Å²) in [5.41, 5.74) is 2.80. The maximum atomic E-state index is 13.9. The number of hydrogen-bond acceptors (Lipinski definition) is 6. The predicted molar refractivity (Wildman–Crippen MR) is 170 cm³/mol. The van der Waals surface area contributed by atoms with Crippen molar-refractivity contribution in [2.24, 2.45) is 0 Å². The van der Waals surface area contributed by atoms with Crippen LogP contribution in [0.2, 0.25) is 0 Å². The summed E-state index contributed by atoms with van der Waals surface area (Å²) in [5, 5.41) is 0. The number of ether oxygens (including phenoxy) is 3. The highest BCUT2D eigenvalue weighted by molar-refractivity contribution is 6.04. The summed E-state index contributed by atoms with van der Waals surface area (Å²) < 4.78 is 16.5. The van der Waals surface area contributed by atoms with Crippen LogP contribution in [0.1, 0.15) is 73.9 Å². The number of benzene rings is 2. The number of amides is 2. The highest BCUT2D eigenvalue weighted by Crippen LogP contribution is 2.32. The van der Waals surface area contributed by atoms with Crippen molar-refractivity contribution >= 4 is 19.8 Å². The van der Waals surface area contributed by atoms with E-state index in [1.807, 2.05) is 35.7 Å². The summed E-state index contributed by atoms with van der Waals surface area (Å²) in [6.45, 7) is 8.52. The zero-order valence-corrected chi connectivity index (χ0v) is 26.6. The van der Waals surface area contributed by atoms with E-state index in [0.29, 0.717) is 55.8 Å². The molecule has 0 spiro atoms. The minimum Gasteiger partial charge on any atom is -0.493 e. The standard InChI is InChI=1S/C34H48BN3O5/c1-24(2)38(34(40)27-10-15-31(42-5)32(22-27)43-19-7-18-41-4)30-14-13-29(37(35)23-30)16-17-36(28-11-12-28)33(39)21-26-9-6-8-25(3)20-26/h6,8-10,15,20,22,24,28-30H,7,11-14,16-19,21,23H2,1-5H3/t29-,30-/m1/s1. The van der Waals surface area contributed by atoms with Crippen LogP contribution in [0.15, 0.2) is 42.5 Å². The monoisotopic (exact) mass is 589 g/mol. The molecule has 0 aromatic heterocycles. The molecule has 43 heavy (non-hydrogen) atoms. The molecule has 1 saturated carbocycles. The highest BCUT2D eigenvalue weighted by atomic mass is 16.5. The lowest BCUT2D eigenvalue weighted by Gasteiger charge is -2.44. The Morgan fingerprint density at radius 3 is 2.42 bits per heavy atom. The number of nitrogens with zero attached hydrogens (tertiary/aromatic N) is 3. The molecule has 2 aromatic rings. The van der Waals surface area contributed by atoms with Crippen LogP contribution in [0.5, 0.6) is 11.5 Å². The van der Waals surface area contributed by atoms with Gasteiger partial charge in [-0.1, -0.05) is 29.8 Å². The fourth-order valence-electron chi connectivity index (χ4n) is 6.13. The average molecular weight is 590 g/mol. The average Bonchev–Trinajstić information content (AvgIpc) is 3.81. The second kappa shape index (κ2) is 15.6. The van der Waals surface area contributed by atoms with Crippen LogP contribution in [0.4, 0.5) is 0 Å². The van der Waals surface area contributed by atoms with Gasteiger partial charge >= 0.3 is 0 Å². The molecule has 9 heteroatoms. The molecule has 2 aliphatic rings. The first kappa shape index (κ1) is 32.9. The van der Waals surface area contributed by atoms with Gasteiger partial charge in [0.2, 0.25) is 5.91 Å². The van der Waals surface area contributed by atoms with Gasteiger partial charge in [0.1, 0.15) is 0 Å². The summed E-state index contributed by atoms with van der Waals surface area (Å²) in [5.74, 6) is 1.30. The molecule has 232 valence electrons. The number of rotatable bonds is 15. The molecule has 1 aliphatic heterocycles. The number of piperidine rings is 1. The Balaban J connectivity index is 1.36. The van der Waals surface area contributed by atoms with Crippen LogP contribution >= 0.6 is 0 Å². The topological polar surface area (TPSA) is 71.6 Å². The SMILES string of the molecule is [B]N1C[C@H](N(C(=O)c2ccc(OC)c(OCCCOC)c2)C(C)C)CC[C@@H]1CCN(C(=O)Cc1cccc(C)c1)C1CC1. The summed E-state index contributed by atoms with van der Waals surface area (Å²) in [6.07, 6.45) is 5.90. The maximum Gasteiger partial charge on any atom is 0.254 e. The Morgan fingerprint density at radius 1 is 1.00 bits per heavy atom. The van der Waals surface area contributed by atoms with Gasteiger partial charge in [0.15, 0.2) is 19.5 Å². The summed E-state index contributed by atoms with van der Waals surface area (Å²) in [6, 6.07) is 14.1. The lowest BCUT2D eigenvalue weighted by atomic mass is 9.91. The zero-order valence-electron chi connectivity index (χ0n) is 26.6. The fourth-order valence-corrected chi connectivity index (χ4v) is 6.13. The minimum atomic E-state index is -0.0436. The van der Waals surface area contributed by atoms with Crippen LogP contribution in [0.3, 0.4) is 0 Å². The minimum absolute atomic E-state index is 0.000209. The van der Waals surface area contributed by atoms with Gasteiger partial charge in [-0.25, -0.2) is 0 Å². The number of hydrogen-bond donors (Lipinski definition) is 0. The van der Waals surface area contributed by atoms with Gasteiger partial charge in [0, 0.05) is 56.9 Å². The quantitative estimate of drug-likeness (QED) is 0.220. The molecule has 0 bridgehead atoms. The van der Waals surface area contributed by atoms with Crippen molar-refractivity contribution < 1.29 is 23.8 Å². The van der Waals surface area contributed by atoms with Crippen molar-refractivity contribution in [2.45, 2.75) is 89.9 Å². The van der Waals surface area contributed by atoms with Gasteiger partial charge in [0.05, 0.1) is 20.1 Å². The molecule has 4 rings (SSSR count). The number of methoxy groups -OCH3 is 2. The van der Waals surface area contributed by atoms with Crippen LogP contribution in [0.25, 0.3) is 0 Å². The van der Waals surface area contributed by atoms with Gasteiger partial charge in [-0.15, -0.1) is 0 Å². The molecular weight excluding hydrogens is 541 g/mol. The fraction of sp³-hybridized carbons (Fsp3) is 0.588. The molecule has 2 amide bonds. The molecule has 8 nitrogen and oxygen atoms in total. The Kier molecular flexibility index (Phi) is 11.9. The van der Waals surface area contributed by atoms with Crippen molar-refractivity contribution in [3.63, 3.8) is 0 Å². The molecule has 1 aliphatic carbocycles. The summed E-state index contributed by atoms with van der Waals surface area (Å²) in [7, 11) is 9.88. The maximum absolute atomic E-state index is 13.9. The molecular formula is C34H48BN3O5. The van der Waals surface area contributed by atoms with Gasteiger partial charge in [0.25, 0.3) is 5.91 Å². The first-order chi connectivity index (χ1) is 20.7. The van der Waals surface area contributed by atoms with E-state index in [4.69, 9.17) is 22.2 Å². The Morgan fingerprint density at radius 2 is 1.77 bits per heavy atom. The van der Waals surface area contributed by atoms with E-state index in [2.05, 4.69) is 24.0 Å². The van der Waals surface area contributed by atoms with Gasteiger partial charge < -0.3 is 28.8 Å². The van der Waals surface area contributed by atoms with E-state index < -0.39 is 0 Å². The first-order valence-electron chi connectivity index (χ1n) is 15.7. The lowest BCUT2D eigenvalue weighted by molar-refractivity contribution is -0.131. The van der Waals surface area contributed by atoms with Gasteiger partial charge in [-0.3, -0.25) is 9.59 Å². The van der Waals surface area contributed by atoms with E-state index in [0.717, 1.165) is 44.1 Å². The largest absolute Gasteiger partial charge is 0.493 e. The Labute approximate surface area is 259 Å². The van der Waals surface area contributed by atoms with E-state index in [1.165, 1.54) is 5.56 Å². The van der Waals surface area contributed by atoms with Crippen molar-refractivity contribution in [3.8, 4) is 11.5 Å². The molecule has 0 unspecified atom stereocenters. The third-order valence-corrected chi connectivity index (χ3v) is 8.52. The van der Waals surface area contributed by atoms with Crippen molar-refractivity contribution in [2.75, 3.05) is 40.5 Å². The van der Waals surface area contributed by atoms with E-state index in [-0.39, 0.29) is 29.9 Å². The van der Waals surface area contributed by atoms with E-state index in [9.17, 15) is 9.59 Å². The third-order valence-electron chi connectivity index (χ3n) is 8.52. The second-order valence-corrected chi connectivity index (χ2v) is 12.2. The van der Waals surface area contributed by atoms with Gasteiger partial charge in [-0.05, 0) is 82.7 Å². The van der Waals surface area contributed by atoms with E-state index >= 15 is 0 Å². The summed E-state index contributed by atoms with van der Waals surface area (Å²) >= 11 is 0. The summed E-state index contributed by atoms with van der Waals surface area (Å²) in [4.78, 5) is 33.0. The molecule has 2 aromatic carbocycles. The first-order valence-corrected chi connectivity index (χ1v) is 15.7. The van der Waals surface area contributed by atoms with Crippen LogP contribution < -0.4 is 9.47 Å². The normalized spacial score (nSPS) is 18.8. The van der Waals surface area contributed by atoms with Crippen molar-refractivity contribution in [3.05, 3.63) is 59.2 Å². The molecule has 1 heterocycles. The Bertz CT molecular complexity index is 1220. The highest BCUT2D eigenvalue weighted by Gasteiger charge is 2.36. The lowest BCUT2D eigenvalue weighted by Crippen LogP contribution is -2.55. The third kappa shape index (κ3) is 8.99. The van der Waals surface area contributed by atoms with Crippen LogP contribution in [-0.2, 0) is 16.0 Å². The molecule has 2 fully saturated rings. The predicted octanol–water partition coefficient (Wildman–Crippen LogP) is 4.81. The molecule has 2 radical (unpaired) electrons. The van der Waals surface area contributed by atoms with E-state index in [1.54, 1.807) is 32.4 Å². The van der Waals surface area contributed by atoms with Crippen LogP contribution in [-0.4, -0.2) is 99.1 Å². The van der Waals surface area contributed by atoms with Crippen molar-refractivity contribution in [1.29, 1.82) is 0 Å². The Hall–Kier alpha value is -3.04. The van der Waals surface area contributed by atoms with Crippen LogP contribution in [0, 0.1) is 6.92 Å². The number of carbonyl (C=O) groups excluding carboxylic acids is 2. The number of carbonyl (C=O) groups is 2. The molecule has 0 N–H and O–H groups in total. The van der Waals surface area contributed by atoms with Crippen molar-refractivity contribution in [1.82, 2.24) is 14.6 Å². The zero-order chi connectivity index (χ0) is 30.9. The number of aryl methyl sites for hydroxylation is 1. The second-order valence-electron chi connectivity index (χ2n) is 12.2. The molecule has 2 atom stereocenters.